The fourth-order valence-corrected chi connectivity index (χ4v) is 2.58. The summed E-state index contributed by atoms with van der Waals surface area (Å²) < 4.78 is 0. The third-order valence-electron chi connectivity index (χ3n) is 2.00. The van der Waals surface area contributed by atoms with Crippen LogP contribution in [0.3, 0.4) is 0 Å². The van der Waals surface area contributed by atoms with Gasteiger partial charge >= 0.3 is 0 Å². The molecule has 1 aromatic rings. The zero-order chi connectivity index (χ0) is 9.26. The number of hydrogen-bond donors (Lipinski definition) is 0. The lowest BCUT2D eigenvalue weighted by atomic mass is 10.1. The molecule has 0 nitrogen and oxygen atoms in total. The first-order valence-electron chi connectivity index (χ1n) is 4.16. The molecule has 1 radical (unpaired) electrons. The molecule has 0 aromatic heterocycles. The van der Waals surface area contributed by atoms with Crippen LogP contribution in [0.4, 0.5) is 0 Å². The van der Waals surface area contributed by atoms with E-state index >= 15 is 0 Å². The van der Waals surface area contributed by atoms with Crippen LogP contribution in [0.2, 0.25) is 10.0 Å². The normalized spacial score (nSPS) is 21.2. The average Bonchev–Trinajstić information content (AvgIpc) is 1.95. The van der Waals surface area contributed by atoms with Gasteiger partial charge in [0.25, 0.3) is 0 Å². The lowest BCUT2D eigenvalue weighted by Gasteiger charge is -2.24. The molecular weight excluding hydrogens is 223 g/mol. The molecule has 0 amide bonds. The Balaban J connectivity index is 2.10. The van der Waals surface area contributed by atoms with Crippen LogP contribution in [0, 0.1) is 6.42 Å². The third-order valence-corrected chi connectivity index (χ3v) is 3.71. The van der Waals surface area contributed by atoms with E-state index in [0.717, 1.165) is 5.56 Å². The summed E-state index contributed by atoms with van der Waals surface area (Å²) in [4.78, 5) is 0. The summed E-state index contributed by atoms with van der Waals surface area (Å²) in [6.45, 7) is 0. The van der Waals surface area contributed by atoms with Gasteiger partial charge in [0.05, 0.1) is 0 Å². The fraction of sp³-hybridized carbons (Fsp3) is 0.300. The quantitative estimate of drug-likeness (QED) is 0.741. The van der Waals surface area contributed by atoms with Crippen molar-refractivity contribution in [3.05, 3.63) is 40.2 Å². The molecular formula is C10H9Cl2S. The molecule has 1 aliphatic rings. The van der Waals surface area contributed by atoms with Gasteiger partial charge < -0.3 is 0 Å². The highest BCUT2D eigenvalue weighted by Crippen LogP contribution is 2.33. The molecule has 3 heteroatoms. The summed E-state index contributed by atoms with van der Waals surface area (Å²) in [6.07, 6.45) is 3.50. The summed E-state index contributed by atoms with van der Waals surface area (Å²) in [6, 6.07) is 5.66. The number of rotatable bonds is 2. The lowest BCUT2D eigenvalue weighted by molar-refractivity contribution is 0.888. The monoisotopic (exact) mass is 231 g/mol. The summed E-state index contributed by atoms with van der Waals surface area (Å²) in [5.41, 5.74) is 1.13. The van der Waals surface area contributed by atoms with E-state index in [-0.39, 0.29) is 0 Å². The Bertz CT molecular complexity index is 288. The minimum absolute atomic E-state index is 0.662. The molecule has 0 spiro atoms. The van der Waals surface area contributed by atoms with Gasteiger partial charge in [-0.15, -0.1) is 0 Å². The molecule has 1 atom stereocenters. The summed E-state index contributed by atoms with van der Waals surface area (Å²) in [7, 11) is 0. The van der Waals surface area contributed by atoms with Gasteiger partial charge in [-0.25, -0.2) is 0 Å². The first-order chi connectivity index (χ1) is 6.24. The van der Waals surface area contributed by atoms with Gasteiger partial charge in [0.15, 0.2) is 0 Å². The van der Waals surface area contributed by atoms with Crippen LogP contribution in [0.1, 0.15) is 12.0 Å². The third kappa shape index (κ3) is 2.55. The molecule has 0 N–H and O–H groups in total. The van der Waals surface area contributed by atoms with Gasteiger partial charge in [0.1, 0.15) is 0 Å². The smallest absolute Gasteiger partial charge is 0.0423 e. The molecule has 0 saturated carbocycles. The van der Waals surface area contributed by atoms with Crippen molar-refractivity contribution in [3.8, 4) is 0 Å². The number of hydrogen-bond acceptors (Lipinski definition) is 1. The van der Waals surface area contributed by atoms with Gasteiger partial charge in [0, 0.05) is 21.7 Å². The molecule has 1 saturated heterocycles. The topological polar surface area (TPSA) is 0 Å². The molecule has 1 aromatic carbocycles. The van der Waals surface area contributed by atoms with Gasteiger partial charge in [-0.1, -0.05) is 23.2 Å². The largest absolute Gasteiger partial charge is 0.158 e. The van der Waals surface area contributed by atoms with Crippen LogP contribution < -0.4 is 0 Å². The average molecular weight is 232 g/mol. The molecule has 69 valence electrons. The zero-order valence-corrected chi connectivity index (χ0v) is 9.29. The molecule has 0 bridgehead atoms. The zero-order valence-electron chi connectivity index (χ0n) is 6.97. The maximum Gasteiger partial charge on any atom is 0.0423 e. The van der Waals surface area contributed by atoms with E-state index in [2.05, 4.69) is 6.42 Å². The Morgan fingerprint density at radius 2 is 1.85 bits per heavy atom. The maximum atomic E-state index is 5.88. The Morgan fingerprint density at radius 1 is 1.23 bits per heavy atom. The second-order valence-corrected chi connectivity index (χ2v) is 5.29. The Labute approximate surface area is 92.6 Å². The minimum atomic E-state index is 0.662. The Morgan fingerprint density at radius 3 is 2.31 bits per heavy atom. The molecule has 1 unspecified atom stereocenters. The van der Waals surface area contributed by atoms with Gasteiger partial charge in [-0.05, 0) is 35.9 Å². The van der Waals surface area contributed by atoms with Crippen molar-refractivity contribution in [1.82, 2.24) is 0 Å². The standard InChI is InChI=1S/C10H9Cl2S/c11-8-3-7(4-9(12)6-8)5-10-1-2-13-10/h3-6,10H,1-2H2. The van der Waals surface area contributed by atoms with Gasteiger partial charge in [0.2, 0.25) is 0 Å². The van der Waals surface area contributed by atoms with Crippen LogP contribution in [0.15, 0.2) is 18.2 Å². The van der Waals surface area contributed by atoms with E-state index in [1.54, 1.807) is 6.07 Å². The van der Waals surface area contributed by atoms with E-state index < -0.39 is 0 Å². The number of benzene rings is 1. The Hall–Kier alpha value is 0.150. The predicted octanol–water partition coefficient (Wildman–Crippen LogP) is 4.05. The van der Waals surface area contributed by atoms with Crippen LogP contribution >= 0.6 is 35.0 Å². The van der Waals surface area contributed by atoms with Crippen molar-refractivity contribution in [2.24, 2.45) is 0 Å². The summed E-state index contributed by atoms with van der Waals surface area (Å²) in [5.74, 6) is 1.27. The maximum absolute atomic E-state index is 5.88. The second-order valence-electron chi connectivity index (χ2n) is 3.07. The van der Waals surface area contributed by atoms with Crippen LogP contribution in [0.5, 0.6) is 0 Å². The van der Waals surface area contributed by atoms with Crippen molar-refractivity contribution in [2.45, 2.75) is 11.7 Å². The molecule has 1 heterocycles. The first kappa shape index (κ1) is 9.70. The van der Waals surface area contributed by atoms with Crippen molar-refractivity contribution in [1.29, 1.82) is 0 Å². The Kier molecular flexibility index (Phi) is 3.07. The van der Waals surface area contributed by atoms with E-state index in [1.165, 1.54) is 12.2 Å². The van der Waals surface area contributed by atoms with E-state index in [9.17, 15) is 0 Å². The second kappa shape index (κ2) is 4.12. The predicted molar refractivity (Wildman–Crippen MR) is 60.7 cm³/mol. The number of halogens is 2. The molecule has 2 rings (SSSR count). The first-order valence-corrected chi connectivity index (χ1v) is 5.97. The lowest BCUT2D eigenvalue weighted by Crippen LogP contribution is -2.16. The van der Waals surface area contributed by atoms with Gasteiger partial charge in [-0.2, -0.15) is 11.8 Å². The van der Waals surface area contributed by atoms with Crippen LogP contribution in [0.25, 0.3) is 0 Å². The van der Waals surface area contributed by atoms with Crippen molar-refractivity contribution in [3.63, 3.8) is 0 Å². The van der Waals surface area contributed by atoms with E-state index in [0.29, 0.717) is 15.3 Å². The molecule has 0 aliphatic carbocycles. The van der Waals surface area contributed by atoms with Crippen LogP contribution in [-0.2, 0) is 0 Å². The van der Waals surface area contributed by atoms with Crippen molar-refractivity contribution in [2.75, 3.05) is 5.75 Å². The highest BCUT2D eigenvalue weighted by Gasteiger charge is 2.18. The fourth-order valence-electron chi connectivity index (χ4n) is 1.27. The van der Waals surface area contributed by atoms with E-state index in [1.807, 2.05) is 23.9 Å². The minimum Gasteiger partial charge on any atom is -0.158 e. The van der Waals surface area contributed by atoms with Crippen LogP contribution in [-0.4, -0.2) is 11.0 Å². The van der Waals surface area contributed by atoms with Crippen molar-refractivity contribution < 1.29 is 0 Å². The molecule has 1 fully saturated rings. The molecule has 1 aliphatic heterocycles. The van der Waals surface area contributed by atoms with Gasteiger partial charge in [-0.3, -0.25) is 0 Å². The van der Waals surface area contributed by atoms with E-state index in [4.69, 9.17) is 23.2 Å². The SMILES string of the molecule is Clc1cc(Cl)cc([CH]C2CCS2)c1. The summed E-state index contributed by atoms with van der Waals surface area (Å²) in [5, 5.41) is 2.08. The molecule has 13 heavy (non-hydrogen) atoms. The summed E-state index contributed by atoms with van der Waals surface area (Å²) >= 11 is 13.7. The highest BCUT2D eigenvalue weighted by molar-refractivity contribution is 8.01. The number of thioether (sulfide) groups is 1. The van der Waals surface area contributed by atoms with Crippen molar-refractivity contribution >= 4 is 35.0 Å². The highest BCUT2D eigenvalue weighted by atomic mass is 35.5.